The molecule has 2 N–H and O–H groups in total. The van der Waals surface area contributed by atoms with Gasteiger partial charge in [0.15, 0.2) is 4.34 Å². The van der Waals surface area contributed by atoms with E-state index in [4.69, 9.17) is 0 Å². The minimum absolute atomic E-state index is 0.0330. The molecule has 0 aromatic carbocycles. The predicted molar refractivity (Wildman–Crippen MR) is 88.6 cm³/mol. The maximum atomic E-state index is 12.0. The van der Waals surface area contributed by atoms with Crippen LogP contribution in [0.1, 0.15) is 33.1 Å². The molecule has 1 aromatic heterocycles. The molecule has 1 fully saturated rings. The van der Waals surface area contributed by atoms with E-state index in [2.05, 4.69) is 20.8 Å². The topological polar surface area (TPSA) is 104 Å². The molecule has 1 aliphatic rings. The predicted octanol–water partition coefficient (Wildman–Crippen LogP) is 1.38. The number of hydrogen-bond acceptors (Lipinski definition) is 7. The molecule has 0 spiro atoms. The number of carbonyl (C=O) groups excluding carboxylic acids is 3. The third-order valence-corrected chi connectivity index (χ3v) is 5.30. The fourth-order valence-electron chi connectivity index (χ4n) is 1.80. The number of nitrogens with one attached hydrogen (secondary N) is 2. The molecule has 0 bridgehead atoms. The van der Waals surface area contributed by atoms with Crippen LogP contribution in [0, 0.1) is 0 Å². The van der Waals surface area contributed by atoms with Crippen LogP contribution in [0.3, 0.4) is 0 Å². The average molecular weight is 357 g/mol. The number of thioether (sulfide) groups is 1. The van der Waals surface area contributed by atoms with Crippen LogP contribution in [-0.4, -0.2) is 46.4 Å². The van der Waals surface area contributed by atoms with Gasteiger partial charge in [-0.05, 0) is 19.8 Å². The summed E-state index contributed by atoms with van der Waals surface area (Å²) in [5, 5.41) is 12.7. The molecule has 2 rings (SSSR count). The van der Waals surface area contributed by atoms with Crippen molar-refractivity contribution in [3.05, 3.63) is 0 Å². The highest BCUT2D eigenvalue weighted by molar-refractivity contribution is 8.02. The van der Waals surface area contributed by atoms with E-state index in [0.29, 0.717) is 15.9 Å². The van der Waals surface area contributed by atoms with Gasteiger partial charge in [0.25, 0.3) is 0 Å². The summed E-state index contributed by atoms with van der Waals surface area (Å²) in [7, 11) is 1.44. The molecule has 0 radical (unpaired) electrons. The summed E-state index contributed by atoms with van der Waals surface area (Å²) in [6.07, 6.45) is 2.39. The lowest BCUT2D eigenvalue weighted by Crippen LogP contribution is -2.41. The summed E-state index contributed by atoms with van der Waals surface area (Å²) in [6.45, 7) is 3.50. The first kappa shape index (κ1) is 17.7. The second-order valence-electron chi connectivity index (χ2n) is 5.03. The van der Waals surface area contributed by atoms with E-state index in [-0.39, 0.29) is 11.9 Å². The van der Waals surface area contributed by atoms with Gasteiger partial charge in [-0.25, -0.2) is 4.79 Å². The van der Waals surface area contributed by atoms with E-state index >= 15 is 0 Å². The summed E-state index contributed by atoms with van der Waals surface area (Å²) in [6, 6.07) is -0.323. The van der Waals surface area contributed by atoms with Gasteiger partial charge in [0.2, 0.25) is 16.9 Å². The Kier molecular flexibility index (Phi) is 5.94. The van der Waals surface area contributed by atoms with Gasteiger partial charge in [-0.2, -0.15) is 0 Å². The molecule has 0 unspecified atom stereocenters. The Labute approximate surface area is 142 Å². The molecule has 1 heterocycles. The Morgan fingerprint density at radius 1 is 1.39 bits per heavy atom. The van der Waals surface area contributed by atoms with Crippen molar-refractivity contribution >= 4 is 46.1 Å². The van der Waals surface area contributed by atoms with Crippen LogP contribution >= 0.6 is 23.1 Å². The third kappa shape index (κ3) is 4.64. The van der Waals surface area contributed by atoms with Gasteiger partial charge in [-0.1, -0.05) is 30.0 Å². The zero-order valence-electron chi connectivity index (χ0n) is 13.2. The lowest BCUT2D eigenvalue weighted by molar-refractivity contribution is -0.119. The van der Waals surface area contributed by atoms with Gasteiger partial charge in [0, 0.05) is 19.5 Å². The largest absolute Gasteiger partial charge is 0.341 e. The summed E-state index contributed by atoms with van der Waals surface area (Å²) < 4.78 is 0.592. The lowest BCUT2D eigenvalue weighted by atomic mass is 10.4. The van der Waals surface area contributed by atoms with Gasteiger partial charge in [0.1, 0.15) is 0 Å². The van der Waals surface area contributed by atoms with E-state index < -0.39 is 17.2 Å². The van der Waals surface area contributed by atoms with Crippen molar-refractivity contribution in [2.75, 3.05) is 11.9 Å². The molecule has 0 saturated heterocycles. The molecular weight excluding hydrogens is 338 g/mol. The van der Waals surface area contributed by atoms with Crippen molar-refractivity contribution in [3.8, 4) is 0 Å². The van der Waals surface area contributed by atoms with Crippen LogP contribution < -0.4 is 15.5 Å². The molecular formula is C13H19N5O3S2. The lowest BCUT2D eigenvalue weighted by Gasteiger charge is -2.17. The molecule has 8 nitrogen and oxygen atoms in total. The monoisotopic (exact) mass is 357 g/mol. The Morgan fingerprint density at radius 3 is 2.65 bits per heavy atom. The van der Waals surface area contributed by atoms with E-state index in [1.165, 1.54) is 30.1 Å². The Hall–Kier alpha value is -1.68. The van der Waals surface area contributed by atoms with E-state index in [1.807, 2.05) is 6.92 Å². The molecule has 1 saturated carbocycles. The smallest absolute Gasteiger partial charge is 0.321 e. The first-order chi connectivity index (χ1) is 11.0. The minimum atomic E-state index is -0.547. The van der Waals surface area contributed by atoms with Gasteiger partial charge < -0.3 is 5.32 Å². The molecule has 4 amide bonds. The van der Waals surface area contributed by atoms with Crippen LogP contribution in [0.2, 0.25) is 0 Å². The molecule has 10 heteroatoms. The fourth-order valence-corrected chi connectivity index (χ4v) is 3.87. The van der Waals surface area contributed by atoms with Gasteiger partial charge >= 0.3 is 6.03 Å². The van der Waals surface area contributed by atoms with Crippen LogP contribution in [0.25, 0.3) is 0 Å². The third-order valence-electron chi connectivity index (χ3n) is 3.20. The molecule has 1 atom stereocenters. The number of urea groups is 1. The molecule has 0 aliphatic heterocycles. The zero-order chi connectivity index (χ0) is 17.0. The van der Waals surface area contributed by atoms with Crippen molar-refractivity contribution in [2.24, 2.45) is 0 Å². The first-order valence-electron chi connectivity index (χ1n) is 7.31. The highest BCUT2D eigenvalue weighted by atomic mass is 32.2. The van der Waals surface area contributed by atoms with Crippen LogP contribution in [0.15, 0.2) is 4.34 Å². The standard InChI is InChI=1S/C13H19N5O3S2/c1-4-9(19)18(8-5-6-8)12-16-17-13(23-12)22-7(2)10(20)15-11(21)14-3/h7-8H,4-6H2,1-3H3,(H2,14,15,20,21)/t7-/m1/s1. The van der Waals surface area contributed by atoms with Crippen molar-refractivity contribution in [2.45, 2.75) is 48.7 Å². The number of carbonyl (C=O) groups is 3. The van der Waals surface area contributed by atoms with Crippen molar-refractivity contribution in [3.63, 3.8) is 0 Å². The maximum Gasteiger partial charge on any atom is 0.321 e. The normalized spacial score (nSPS) is 14.9. The quantitative estimate of drug-likeness (QED) is 0.589. The fraction of sp³-hybridized carbons (Fsp3) is 0.615. The van der Waals surface area contributed by atoms with Crippen molar-refractivity contribution in [1.29, 1.82) is 0 Å². The average Bonchev–Trinajstić information content (AvgIpc) is 3.26. The number of amides is 4. The van der Waals surface area contributed by atoms with Crippen LogP contribution in [0.5, 0.6) is 0 Å². The van der Waals surface area contributed by atoms with Crippen molar-refractivity contribution < 1.29 is 14.4 Å². The second-order valence-corrected chi connectivity index (χ2v) is 7.57. The van der Waals surface area contributed by atoms with Gasteiger partial charge in [-0.3, -0.25) is 19.8 Å². The van der Waals surface area contributed by atoms with Crippen LogP contribution in [0.4, 0.5) is 9.93 Å². The SMILES string of the molecule is CCC(=O)N(c1nnc(S[C@H](C)C(=O)NC(=O)NC)s1)C1CC1. The summed E-state index contributed by atoms with van der Waals surface area (Å²) >= 11 is 2.50. The summed E-state index contributed by atoms with van der Waals surface area (Å²) in [4.78, 5) is 36.7. The highest BCUT2D eigenvalue weighted by Crippen LogP contribution is 2.37. The minimum Gasteiger partial charge on any atom is -0.341 e. The Balaban J connectivity index is 1.99. The Bertz CT molecular complexity index is 602. The second kappa shape index (κ2) is 7.73. The first-order valence-corrected chi connectivity index (χ1v) is 9.00. The number of hydrogen-bond donors (Lipinski definition) is 2. The number of aromatic nitrogens is 2. The molecule has 1 aliphatic carbocycles. The van der Waals surface area contributed by atoms with E-state index in [1.54, 1.807) is 11.8 Å². The molecule has 126 valence electrons. The van der Waals surface area contributed by atoms with Gasteiger partial charge in [-0.15, -0.1) is 10.2 Å². The Morgan fingerprint density at radius 2 is 2.09 bits per heavy atom. The van der Waals surface area contributed by atoms with Crippen molar-refractivity contribution in [1.82, 2.24) is 20.8 Å². The number of imide groups is 1. The summed E-state index contributed by atoms with van der Waals surface area (Å²) in [5.74, 6) is -0.375. The van der Waals surface area contributed by atoms with E-state index in [9.17, 15) is 14.4 Å². The maximum absolute atomic E-state index is 12.0. The summed E-state index contributed by atoms with van der Waals surface area (Å²) in [5.41, 5.74) is 0. The van der Waals surface area contributed by atoms with Crippen LogP contribution in [-0.2, 0) is 9.59 Å². The van der Waals surface area contributed by atoms with E-state index in [0.717, 1.165) is 12.8 Å². The molecule has 23 heavy (non-hydrogen) atoms. The number of rotatable bonds is 6. The highest BCUT2D eigenvalue weighted by Gasteiger charge is 2.35. The molecule has 1 aromatic rings. The zero-order valence-corrected chi connectivity index (χ0v) is 14.8. The number of nitrogens with zero attached hydrogens (tertiary/aromatic N) is 3. The van der Waals surface area contributed by atoms with Gasteiger partial charge in [0.05, 0.1) is 5.25 Å². The number of anilines is 1.